The number of carbonyl (C=O) groups excluding carboxylic acids is 1. The summed E-state index contributed by atoms with van der Waals surface area (Å²) in [4.78, 5) is 24.5. The van der Waals surface area contributed by atoms with E-state index in [0.29, 0.717) is 11.4 Å². The number of amides is 2. The molecule has 0 aliphatic heterocycles. The van der Waals surface area contributed by atoms with Gasteiger partial charge in [0.2, 0.25) is 0 Å². The van der Waals surface area contributed by atoms with Crippen LogP contribution in [0, 0.1) is 0 Å². The van der Waals surface area contributed by atoms with Crippen molar-refractivity contribution in [3.05, 3.63) is 24.3 Å². The monoisotopic (exact) mass is 294 g/mol. The summed E-state index contributed by atoms with van der Waals surface area (Å²) in [5.41, 5.74) is 0.164. The number of aliphatic carboxylic acids is 1. The Balaban J connectivity index is 2.77. The van der Waals surface area contributed by atoms with E-state index < -0.39 is 11.5 Å². The molecule has 1 rings (SSSR count). The lowest BCUT2D eigenvalue weighted by atomic mass is 10.1. The van der Waals surface area contributed by atoms with Crippen LogP contribution in [0.3, 0.4) is 0 Å². The van der Waals surface area contributed by atoms with Crippen LogP contribution >= 0.6 is 0 Å². The maximum Gasteiger partial charge on any atom is 0.322 e. The molecule has 0 aliphatic rings. The van der Waals surface area contributed by atoms with Crippen molar-refractivity contribution in [3.63, 3.8) is 0 Å². The predicted molar refractivity (Wildman–Crippen MR) is 80.7 cm³/mol. The Morgan fingerprint density at radius 2 is 1.81 bits per heavy atom. The molecule has 0 aliphatic carbocycles. The third-order valence-electron chi connectivity index (χ3n) is 2.95. The highest BCUT2D eigenvalue weighted by Gasteiger charge is 2.26. The molecule has 0 bridgehead atoms. The molecular weight excluding hydrogens is 272 g/mol. The normalized spacial score (nSPS) is 10.9. The first kappa shape index (κ1) is 16.8. The van der Waals surface area contributed by atoms with Gasteiger partial charge in [0.05, 0.1) is 13.5 Å². The molecule has 0 spiro atoms. The molecule has 0 saturated carbocycles. The van der Waals surface area contributed by atoms with Crippen molar-refractivity contribution in [2.45, 2.75) is 32.7 Å². The van der Waals surface area contributed by atoms with Crippen LogP contribution in [0.15, 0.2) is 24.3 Å². The van der Waals surface area contributed by atoms with Crippen molar-refractivity contribution in [1.29, 1.82) is 0 Å². The zero-order chi connectivity index (χ0) is 16.0. The first-order valence-electron chi connectivity index (χ1n) is 6.68. The minimum atomic E-state index is -0.929. The highest BCUT2D eigenvalue weighted by molar-refractivity contribution is 5.90. The van der Waals surface area contributed by atoms with Crippen LogP contribution in [0.25, 0.3) is 0 Å². The van der Waals surface area contributed by atoms with Gasteiger partial charge < -0.3 is 20.1 Å². The predicted octanol–water partition coefficient (Wildman–Crippen LogP) is 2.80. The van der Waals surface area contributed by atoms with Gasteiger partial charge in [-0.1, -0.05) is 0 Å². The summed E-state index contributed by atoms with van der Waals surface area (Å²) < 4.78 is 5.05. The van der Waals surface area contributed by atoms with Gasteiger partial charge in [0.1, 0.15) is 5.75 Å². The molecule has 0 fully saturated rings. The zero-order valence-electron chi connectivity index (χ0n) is 12.8. The molecule has 1 aromatic carbocycles. The molecule has 2 N–H and O–H groups in total. The number of nitrogens with one attached hydrogen (secondary N) is 1. The Hall–Kier alpha value is -2.24. The fraction of sp³-hybridized carbons (Fsp3) is 0.467. The molecule has 116 valence electrons. The van der Waals surface area contributed by atoms with E-state index in [4.69, 9.17) is 9.84 Å². The third-order valence-corrected chi connectivity index (χ3v) is 2.95. The summed E-state index contributed by atoms with van der Waals surface area (Å²) in [5, 5.41) is 11.5. The highest BCUT2D eigenvalue weighted by atomic mass is 16.5. The number of carboxylic acid groups (broad SMARTS) is 1. The number of hydrogen-bond acceptors (Lipinski definition) is 3. The van der Waals surface area contributed by atoms with E-state index in [1.165, 1.54) is 4.90 Å². The van der Waals surface area contributed by atoms with E-state index in [2.05, 4.69) is 5.32 Å². The molecule has 6 heteroatoms. The lowest BCUT2D eigenvalue weighted by molar-refractivity contribution is -0.137. The molecular formula is C15H22N2O4. The van der Waals surface area contributed by atoms with Crippen LogP contribution in [0.1, 0.15) is 27.2 Å². The SMILES string of the molecule is COc1ccc(NC(=O)N(CCC(=O)O)C(C)(C)C)cc1. The molecule has 0 atom stereocenters. The highest BCUT2D eigenvalue weighted by Crippen LogP contribution is 2.19. The summed E-state index contributed by atoms with van der Waals surface area (Å²) in [6.45, 7) is 5.74. The standard InChI is InChI=1S/C15H22N2O4/c1-15(2,3)17(10-9-13(18)19)14(20)16-11-5-7-12(21-4)8-6-11/h5-8H,9-10H2,1-4H3,(H,16,20)(H,18,19). The Morgan fingerprint density at radius 1 is 1.24 bits per heavy atom. The second kappa shape index (κ2) is 6.97. The maximum absolute atomic E-state index is 12.3. The molecule has 0 aromatic heterocycles. The number of carbonyl (C=O) groups is 2. The maximum atomic E-state index is 12.3. The fourth-order valence-corrected chi connectivity index (χ4v) is 1.81. The molecule has 6 nitrogen and oxygen atoms in total. The van der Waals surface area contributed by atoms with Crippen molar-refractivity contribution in [3.8, 4) is 5.75 Å². The Labute approximate surface area is 124 Å². The van der Waals surface area contributed by atoms with Crippen LogP contribution < -0.4 is 10.1 Å². The minimum Gasteiger partial charge on any atom is -0.497 e. The van der Waals surface area contributed by atoms with Crippen molar-refractivity contribution in [2.24, 2.45) is 0 Å². The molecule has 0 heterocycles. The van der Waals surface area contributed by atoms with Gasteiger partial charge >= 0.3 is 12.0 Å². The Bertz CT molecular complexity index is 491. The van der Waals surface area contributed by atoms with Crippen LogP contribution in [0.4, 0.5) is 10.5 Å². The smallest absolute Gasteiger partial charge is 0.322 e. The Morgan fingerprint density at radius 3 is 2.24 bits per heavy atom. The van der Waals surface area contributed by atoms with Gasteiger partial charge in [-0.25, -0.2) is 4.79 Å². The van der Waals surface area contributed by atoms with E-state index in [0.717, 1.165) is 0 Å². The number of urea groups is 1. The fourth-order valence-electron chi connectivity index (χ4n) is 1.81. The van der Waals surface area contributed by atoms with E-state index >= 15 is 0 Å². The van der Waals surface area contributed by atoms with Gasteiger partial charge in [0.25, 0.3) is 0 Å². The van der Waals surface area contributed by atoms with Crippen molar-refractivity contribution < 1.29 is 19.4 Å². The lowest BCUT2D eigenvalue weighted by Crippen LogP contribution is -2.48. The number of rotatable bonds is 5. The largest absolute Gasteiger partial charge is 0.497 e. The number of ether oxygens (including phenoxy) is 1. The molecule has 2 amide bonds. The van der Waals surface area contributed by atoms with Gasteiger partial charge in [-0.2, -0.15) is 0 Å². The van der Waals surface area contributed by atoms with Gasteiger partial charge in [0, 0.05) is 17.8 Å². The van der Waals surface area contributed by atoms with E-state index in [1.807, 2.05) is 20.8 Å². The number of hydrogen-bond donors (Lipinski definition) is 2. The average molecular weight is 294 g/mol. The van der Waals surface area contributed by atoms with E-state index in [1.54, 1.807) is 31.4 Å². The van der Waals surface area contributed by atoms with Crippen LogP contribution in [-0.2, 0) is 4.79 Å². The minimum absolute atomic E-state index is 0.0900. The second-order valence-corrected chi connectivity index (χ2v) is 5.62. The van der Waals surface area contributed by atoms with Gasteiger partial charge in [-0.05, 0) is 45.0 Å². The van der Waals surface area contributed by atoms with E-state index in [9.17, 15) is 9.59 Å². The summed E-state index contributed by atoms with van der Waals surface area (Å²) >= 11 is 0. The number of anilines is 1. The van der Waals surface area contributed by atoms with Gasteiger partial charge in [-0.15, -0.1) is 0 Å². The molecule has 1 aromatic rings. The summed E-state index contributed by atoms with van der Waals surface area (Å²) in [5.74, 6) is -0.229. The van der Waals surface area contributed by atoms with Gasteiger partial charge in [0.15, 0.2) is 0 Å². The first-order chi connectivity index (χ1) is 9.74. The molecule has 0 saturated heterocycles. The Kier molecular flexibility index (Phi) is 5.58. The molecule has 0 unspecified atom stereocenters. The van der Waals surface area contributed by atoms with Crippen LogP contribution in [0.5, 0.6) is 5.75 Å². The number of methoxy groups -OCH3 is 1. The summed E-state index contributed by atoms with van der Waals surface area (Å²) in [7, 11) is 1.57. The average Bonchev–Trinajstić information content (AvgIpc) is 2.37. The molecule has 0 radical (unpaired) electrons. The van der Waals surface area contributed by atoms with Crippen LogP contribution in [0.2, 0.25) is 0 Å². The third kappa shape index (κ3) is 5.33. The summed E-state index contributed by atoms with van der Waals surface area (Å²) in [6.07, 6.45) is -0.0900. The van der Waals surface area contributed by atoms with E-state index in [-0.39, 0.29) is 19.0 Å². The second-order valence-electron chi connectivity index (χ2n) is 5.62. The van der Waals surface area contributed by atoms with Crippen LogP contribution in [-0.4, -0.2) is 41.2 Å². The quantitative estimate of drug-likeness (QED) is 0.875. The zero-order valence-corrected chi connectivity index (χ0v) is 12.8. The van der Waals surface area contributed by atoms with Gasteiger partial charge in [-0.3, -0.25) is 4.79 Å². The lowest BCUT2D eigenvalue weighted by Gasteiger charge is -2.35. The number of carboxylic acids is 1. The summed E-state index contributed by atoms with van der Waals surface area (Å²) in [6, 6.07) is 6.63. The van der Waals surface area contributed by atoms with Crippen molar-refractivity contribution in [2.75, 3.05) is 19.0 Å². The number of nitrogens with zero attached hydrogens (tertiary/aromatic N) is 1. The topological polar surface area (TPSA) is 78.9 Å². The van der Waals surface area contributed by atoms with Crippen molar-refractivity contribution in [1.82, 2.24) is 4.90 Å². The first-order valence-corrected chi connectivity index (χ1v) is 6.68. The molecule has 21 heavy (non-hydrogen) atoms. The van der Waals surface area contributed by atoms with Crippen molar-refractivity contribution >= 4 is 17.7 Å². The number of benzene rings is 1.